The van der Waals surface area contributed by atoms with Crippen LogP contribution >= 0.6 is 11.3 Å². The van der Waals surface area contributed by atoms with Crippen LogP contribution in [0.4, 0.5) is 5.69 Å². The molecule has 2 aromatic heterocycles. The van der Waals surface area contributed by atoms with Crippen molar-refractivity contribution in [1.82, 2.24) is 14.9 Å². The molecular weight excluding hydrogens is 432 g/mol. The third-order valence-electron chi connectivity index (χ3n) is 3.67. The van der Waals surface area contributed by atoms with Crippen molar-refractivity contribution in [3.63, 3.8) is 0 Å². The maximum atomic E-state index is 12.3. The number of hydrogen-bond acceptors (Lipinski definition) is 9. The number of ether oxygens (including phenoxy) is 1. The van der Waals surface area contributed by atoms with E-state index >= 15 is 0 Å². The van der Waals surface area contributed by atoms with Gasteiger partial charge in [-0.1, -0.05) is 11.2 Å². The van der Waals surface area contributed by atoms with Crippen molar-refractivity contribution in [3.8, 4) is 10.7 Å². The second kappa shape index (κ2) is 9.61. The number of amides is 1. The van der Waals surface area contributed by atoms with E-state index in [0.29, 0.717) is 11.5 Å². The first-order chi connectivity index (χ1) is 14.3. The summed E-state index contributed by atoms with van der Waals surface area (Å²) in [6.07, 6.45) is -0.172. The van der Waals surface area contributed by atoms with E-state index in [1.165, 1.54) is 42.5 Å². The standard InChI is InChI=1S/C18H18N4O6S2/c1-12(23)20-13-4-6-14(7-5-13)30(25,26)19-9-8-17(24)27-11-16-21-18(22-28-16)15-3-2-10-29-15/h2-7,10,19H,8-9,11H2,1H3,(H,20,23). The monoisotopic (exact) mass is 450 g/mol. The number of aromatic nitrogens is 2. The van der Waals surface area contributed by atoms with Gasteiger partial charge in [0, 0.05) is 19.2 Å². The van der Waals surface area contributed by atoms with E-state index in [9.17, 15) is 18.0 Å². The van der Waals surface area contributed by atoms with Crippen LogP contribution in [0, 0.1) is 0 Å². The Kier molecular flexibility index (Phi) is 6.92. The third kappa shape index (κ3) is 5.95. The Morgan fingerprint density at radius 2 is 1.97 bits per heavy atom. The maximum Gasteiger partial charge on any atom is 0.307 e. The Balaban J connectivity index is 1.44. The van der Waals surface area contributed by atoms with Crippen LogP contribution in [0.3, 0.4) is 0 Å². The Hall–Kier alpha value is -3.09. The lowest BCUT2D eigenvalue weighted by atomic mass is 10.3. The molecule has 3 aromatic rings. The highest BCUT2D eigenvalue weighted by Gasteiger charge is 2.16. The van der Waals surface area contributed by atoms with Crippen molar-refractivity contribution in [2.75, 3.05) is 11.9 Å². The number of hydrogen-bond donors (Lipinski definition) is 2. The Morgan fingerprint density at radius 3 is 2.63 bits per heavy atom. The summed E-state index contributed by atoms with van der Waals surface area (Å²) in [5.74, 6) is -0.319. The van der Waals surface area contributed by atoms with Gasteiger partial charge in [-0.05, 0) is 35.7 Å². The maximum absolute atomic E-state index is 12.3. The van der Waals surface area contributed by atoms with Crippen LogP contribution in [0.5, 0.6) is 0 Å². The van der Waals surface area contributed by atoms with Gasteiger partial charge < -0.3 is 14.6 Å². The minimum Gasteiger partial charge on any atom is -0.456 e. The van der Waals surface area contributed by atoms with Gasteiger partial charge in [-0.15, -0.1) is 11.3 Å². The molecule has 0 unspecified atom stereocenters. The minimum atomic E-state index is -3.80. The quantitative estimate of drug-likeness (QED) is 0.473. The fourth-order valence-electron chi connectivity index (χ4n) is 2.33. The predicted molar refractivity (Wildman–Crippen MR) is 108 cm³/mol. The number of esters is 1. The number of carbonyl (C=O) groups excluding carboxylic acids is 2. The highest BCUT2D eigenvalue weighted by molar-refractivity contribution is 7.89. The molecule has 158 valence electrons. The van der Waals surface area contributed by atoms with E-state index < -0.39 is 16.0 Å². The van der Waals surface area contributed by atoms with Gasteiger partial charge in [-0.3, -0.25) is 9.59 Å². The summed E-state index contributed by atoms with van der Waals surface area (Å²) < 4.78 is 36.9. The summed E-state index contributed by atoms with van der Waals surface area (Å²) in [6.45, 7) is 1.01. The topological polar surface area (TPSA) is 140 Å². The first kappa shape index (κ1) is 21.6. The van der Waals surface area contributed by atoms with Gasteiger partial charge in [0.15, 0.2) is 6.61 Å². The largest absolute Gasteiger partial charge is 0.456 e. The molecule has 2 heterocycles. The molecule has 0 atom stereocenters. The smallest absolute Gasteiger partial charge is 0.307 e. The van der Waals surface area contributed by atoms with E-state index in [0.717, 1.165) is 4.88 Å². The summed E-state index contributed by atoms with van der Waals surface area (Å²) in [5.41, 5.74) is 0.480. The van der Waals surface area contributed by atoms with E-state index in [4.69, 9.17) is 9.26 Å². The van der Waals surface area contributed by atoms with Gasteiger partial charge in [0.05, 0.1) is 16.2 Å². The van der Waals surface area contributed by atoms with Crippen molar-refractivity contribution >= 4 is 38.9 Å². The van der Waals surface area contributed by atoms with E-state index in [2.05, 4.69) is 20.2 Å². The molecule has 0 bridgehead atoms. The number of anilines is 1. The van der Waals surface area contributed by atoms with Crippen molar-refractivity contribution in [3.05, 3.63) is 47.7 Å². The zero-order valence-electron chi connectivity index (χ0n) is 15.8. The summed E-state index contributed by atoms with van der Waals surface area (Å²) in [7, 11) is -3.80. The Bertz CT molecular complexity index is 1110. The average Bonchev–Trinajstić information content (AvgIpc) is 3.38. The number of nitrogens with one attached hydrogen (secondary N) is 2. The van der Waals surface area contributed by atoms with Crippen LogP contribution in [0.25, 0.3) is 10.7 Å². The Morgan fingerprint density at radius 1 is 1.20 bits per heavy atom. The number of benzene rings is 1. The average molecular weight is 450 g/mol. The zero-order valence-corrected chi connectivity index (χ0v) is 17.5. The highest BCUT2D eigenvalue weighted by atomic mass is 32.2. The Labute approximate surface area is 176 Å². The van der Waals surface area contributed by atoms with Gasteiger partial charge in [-0.25, -0.2) is 13.1 Å². The van der Waals surface area contributed by atoms with Crippen LogP contribution in [0.2, 0.25) is 0 Å². The molecule has 1 amide bonds. The third-order valence-corrected chi connectivity index (χ3v) is 6.02. The number of nitrogens with zero attached hydrogens (tertiary/aromatic N) is 2. The van der Waals surface area contributed by atoms with Crippen molar-refractivity contribution < 1.29 is 27.3 Å². The number of carbonyl (C=O) groups is 2. The summed E-state index contributed by atoms with van der Waals surface area (Å²) in [4.78, 5) is 27.8. The number of sulfonamides is 1. The molecule has 0 radical (unpaired) electrons. The molecule has 0 aliphatic heterocycles. The first-order valence-electron chi connectivity index (χ1n) is 8.73. The van der Waals surface area contributed by atoms with Gasteiger partial charge in [0.2, 0.25) is 21.8 Å². The van der Waals surface area contributed by atoms with Gasteiger partial charge in [0.1, 0.15) is 0 Å². The number of rotatable bonds is 9. The molecule has 12 heteroatoms. The van der Waals surface area contributed by atoms with Crippen LogP contribution in [0.1, 0.15) is 19.2 Å². The second-order valence-corrected chi connectivity index (χ2v) is 8.72. The summed E-state index contributed by atoms with van der Waals surface area (Å²) in [5, 5.41) is 8.23. The molecular formula is C18H18N4O6S2. The van der Waals surface area contributed by atoms with Gasteiger partial charge >= 0.3 is 5.97 Å². The SMILES string of the molecule is CC(=O)Nc1ccc(S(=O)(=O)NCCC(=O)OCc2nc(-c3cccs3)no2)cc1. The zero-order chi connectivity index (χ0) is 21.6. The van der Waals surface area contributed by atoms with E-state index in [1.807, 2.05) is 17.5 Å². The minimum absolute atomic E-state index is 0.0111. The molecule has 0 saturated carbocycles. The molecule has 1 aromatic carbocycles. The van der Waals surface area contributed by atoms with Crippen molar-refractivity contribution in [2.45, 2.75) is 24.8 Å². The normalized spacial score (nSPS) is 11.2. The molecule has 0 saturated heterocycles. The molecule has 3 rings (SSSR count). The van der Waals surface area contributed by atoms with Gasteiger partial charge in [-0.2, -0.15) is 4.98 Å². The lowest BCUT2D eigenvalue weighted by molar-refractivity contribution is -0.145. The first-order valence-corrected chi connectivity index (χ1v) is 11.1. The lowest BCUT2D eigenvalue weighted by Gasteiger charge is -2.08. The molecule has 2 N–H and O–H groups in total. The predicted octanol–water partition coefficient (Wildman–Crippen LogP) is 2.17. The molecule has 0 aliphatic rings. The fraction of sp³-hybridized carbons (Fsp3) is 0.222. The van der Waals surface area contributed by atoms with Crippen LogP contribution in [-0.2, 0) is 31.0 Å². The van der Waals surface area contributed by atoms with E-state index in [-0.39, 0.29) is 36.3 Å². The van der Waals surface area contributed by atoms with Crippen LogP contribution < -0.4 is 10.0 Å². The summed E-state index contributed by atoms with van der Waals surface area (Å²) in [6, 6.07) is 9.34. The van der Waals surface area contributed by atoms with Crippen molar-refractivity contribution in [2.24, 2.45) is 0 Å². The molecule has 0 fully saturated rings. The molecule has 30 heavy (non-hydrogen) atoms. The van der Waals surface area contributed by atoms with Gasteiger partial charge in [0.25, 0.3) is 5.89 Å². The van der Waals surface area contributed by atoms with Crippen LogP contribution in [0.15, 0.2) is 51.2 Å². The molecule has 0 spiro atoms. The second-order valence-electron chi connectivity index (χ2n) is 6.00. The summed E-state index contributed by atoms with van der Waals surface area (Å²) >= 11 is 1.45. The fourth-order valence-corrected chi connectivity index (χ4v) is 4.01. The van der Waals surface area contributed by atoms with E-state index in [1.54, 1.807) is 0 Å². The number of thiophene rings is 1. The lowest BCUT2D eigenvalue weighted by Crippen LogP contribution is -2.26. The van der Waals surface area contributed by atoms with Crippen molar-refractivity contribution in [1.29, 1.82) is 0 Å². The molecule has 10 nitrogen and oxygen atoms in total. The molecule has 0 aliphatic carbocycles. The van der Waals surface area contributed by atoms with Crippen LogP contribution in [-0.4, -0.2) is 37.0 Å². The highest BCUT2D eigenvalue weighted by Crippen LogP contribution is 2.21.